The molecule has 1 unspecified atom stereocenters. The van der Waals surface area contributed by atoms with Crippen molar-refractivity contribution >= 4 is 11.9 Å². The van der Waals surface area contributed by atoms with E-state index in [9.17, 15) is 9.59 Å². The summed E-state index contributed by atoms with van der Waals surface area (Å²) >= 11 is 0. The molecule has 1 saturated heterocycles. The number of aryl methyl sites for hydroxylation is 1. The standard InChI is InChI=1S/C22H29N3O4/c1-14(2)17-6-5-15(3)20(11-17)29-16(4)21(26)24-9-7-19(8-10-24)25-13-18(12-23-25)22(27)28/h5-6,11-14,16,19H,7-10H2,1-4H3,(H,27,28). The highest BCUT2D eigenvalue weighted by Crippen LogP contribution is 2.27. The van der Waals surface area contributed by atoms with Crippen molar-refractivity contribution in [1.82, 2.24) is 14.7 Å². The van der Waals surface area contributed by atoms with Crippen molar-refractivity contribution in [3.05, 3.63) is 47.3 Å². The van der Waals surface area contributed by atoms with Gasteiger partial charge in [-0.1, -0.05) is 26.0 Å². The van der Waals surface area contributed by atoms with Gasteiger partial charge in [0, 0.05) is 19.3 Å². The SMILES string of the molecule is Cc1ccc(C(C)C)cc1OC(C)C(=O)N1CCC(n2cc(C(=O)O)cn2)CC1. The number of hydrogen-bond acceptors (Lipinski definition) is 4. The molecule has 1 fully saturated rings. The number of rotatable bonds is 6. The van der Waals surface area contributed by atoms with Gasteiger partial charge in [-0.15, -0.1) is 0 Å². The Kier molecular flexibility index (Phi) is 6.25. The topological polar surface area (TPSA) is 84.7 Å². The van der Waals surface area contributed by atoms with E-state index >= 15 is 0 Å². The van der Waals surface area contributed by atoms with Crippen molar-refractivity contribution in [3.63, 3.8) is 0 Å². The van der Waals surface area contributed by atoms with E-state index in [4.69, 9.17) is 9.84 Å². The minimum absolute atomic E-state index is 0.0236. The molecule has 1 aliphatic heterocycles. The number of piperidine rings is 1. The first-order valence-electron chi connectivity index (χ1n) is 10.1. The minimum Gasteiger partial charge on any atom is -0.481 e. The quantitative estimate of drug-likeness (QED) is 0.802. The molecule has 1 amide bonds. The van der Waals surface area contributed by atoms with Crippen LogP contribution in [0, 0.1) is 6.92 Å². The van der Waals surface area contributed by atoms with Gasteiger partial charge >= 0.3 is 5.97 Å². The van der Waals surface area contributed by atoms with Crippen molar-refractivity contribution in [2.45, 2.75) is 58.6 Å². The Bertz CT molecular complexity index is 882. The number of carboxylic acid groups (broad SMARTS) is 1. The van der Waals surface area contributed by atoms with E-state index in [0.717, 1.165) is 24.2 Å². The number of aromatic nitrogens is 2. The lowest BCUT2D eigenvalue weighted by Gasteiger charge is -2.33. The van der Waals surface area contributed by atoms with E-state index < -0.39 is 12.1 Å². The van der Waals surface area contributed by atoms with E-state index in [2.05, 4.69) is 25.0 Å². The first kappa shape index (κ1) is 20.9. The number of amides is 1. The first-order valence-corrected chi connectivity index (χ1v) is 10.1. The maximum absolute atomic E-state index is 12.9. The highest BCUT2D eigenvalue weighted by molar-refractivity contribution is 5.86. The zero-order valence-electron chi connectivity index (χ0n) is 17.5. The molecule has 1 aliphatic rings. The molecule has 1 aromatic carbocycles. The highest BCUT2D eigenvalue weighted by Gasteiger charge is 2.28. The van der Waals surface area contributed by atoms with Gasteiger partial charge in [-0.2, -0.15) is 5.10 Å². The average Bonchev–Trinajstić information content (AvgIpc) is 3.19. The summed E-state index contributed by atoms with van der Waals surface area (Å²) in [5.41, 5.74) is 2.39. The second-order valence-corrected chi connectivity index (χ2v) is 8.01. The Morgan fingerprint density at radius 3 is 2.48 bits per heavy atom. The van der Waals surface area contributed by atoms with E-state index in [1.54, 1.807) is 17.8 Å². The van der Waals surface area contributed by atoms with Gasteiger partial charge in [0.1, 0.15) is 5.75 Å². The largest absolute Gasteiger partial charge is 0.481 e. The second-order valence-electron chi connectivity index (χ2n) is 8.01. The fourth-order valence-electron chi connectivity index (χ4n) is 3.60. The molecular weight excluding hydrogens is 370 g/mol. The van der Waals surface area contributed by atoms with Crippen molar-refractivity contribution < 1.29 is 19.4 Å². The molecule has 1 N–H and O–H groups in total. The van der Waals surface area contributed by atoms with Gasteiger partial charge in [-0.05, 0) is 49.8 Å². The molecular formula is C22H29N3O4. The Labute approximate surface area is 171 Å². The summed E-state index contributed by atoms with van der Waals surface area (Å²) in [5.74, 6) is 0.146. The summed E-state index contributed by atoms with van der Waals surface area (Å²) in [6, 6.07) is 6.25. The smallest absolute Gasteiger partial charge is 0.338 e. The number of benzene rings is 1. The zero-order chi connectivity index (χ0) is 21.1. The number of likely N-dealkylation sites (tertiary alicyclic amines) is 1. The number of nitrogens with zero attached hydrogens (tertiary/aromatic N) is 3. The molecule has 7 nitrogen and oxygen atoms in total. The number of aromatic carboxylic acids is 1. The van der Waals surface area contributed by atoms with Crippen LogP contribution in [0.1, 0.15) is 67.1 Å². The van der Waals surface area contributed by atoms with Crippen molar-refractivity contribution in [2.75, 3.05) is 13.1 Å². The molecule has 0 saturated carbocycles. The third-order valence-corrected chi connectivity index (χ3v) is 5.53. The van der Waals surface area contributed by atoms with Crippen LogP contribution in [0.25, 0.3) is 0 Å². The third kappa shape index (κ3) is 4.78. The molecule has 2 aromatic rings. The van der Waals surface area contributed by atoms with Gasteiger partial charge in [-0.25, -0.2) is 4.79 Å². The van der Waals surface area contributed by atoms with E-state index in [-0.39, 0.29) is 17.5 Å². The minimum atomic E-state index is -0.980. The molecule has 7 heteroatoms. The summed E-state index contributed by atoms with van der Waals surface area (Å²) in [6.07, 6.45) is 3.84. The van der Waals surface area contributed by atoms with Crippen LogP contribution < -0.4 is 4.74 Å². The molecule has 0 spiro atoms. The summed E-state index contributed by atoms with van der Waals surface area (Å²) in [7, 11) is 0. The molecule has 0 radical (unpaired) electrons. The van der Waals surface area contributed by atoms with Gasteiger partial charge < -0.3 is 14.7 Å². The summed E-state index contributed by atoms with van der Waals surface area (Å²) in [6.45, 7) is 9.24. The fraction of sp³-hybridized carbons (Fsp3) is 0.500. The number of carbonyl (C=O) groups is 2. The van der Waals surface area contributed by atoms with Crippen LogP contribution in [0.15, 0.2) is 30.6 Å². The van der Waals surface area contributed by atoms with E-state index in [1.807, 2.05) is 24.0 Å². The summed E-state index contributed by atoms with van der Waals surface area (Å²) in [5, 5.41) is 13.2. The van der Waals surface area contributed by atoms with Crippen LogP contribution in [0.4, 0.5) is 0 Å². The van der Waals surface area contributed by atoms with Crippen molar-refractivity contribution in [1.29, 1.82) is 0 Å². The number of ether oxygens (including phenoxy) is 1. The van der Waals surface area contributed by atoms with Crippen molar-refractivity contribution in [2.24, 2.45) is 0 Å². The highest BCUT2D eigenvalue weighted by atomic mass is 16.5. The Morgan fingerprint density at radius 1 is 1.21 bits per heavy atom. The molecule has 29 heavy (non-hydrogen) atoms. The van der Waals surface area contributed by atoms with Gasteiger partial charge in [0.15, 0.2) is 6.10 Å². The van der Waals surface area contributed by atoms with Crippen molar-refractivity contribution in [3.8, 4) is 5.75 Å². The van der Waals surface area contributed by atoms with Gasteiger partial charge in [-0.3, -0.25) is 9.48 Å². The number of hydrogen-bond donors (Lipinski definition) is 1. The van der Waals surface area contributed by atoms with Gasteiger partial charge in [0.25, 0.3) is 5.91 Å². The molecule has 1 aromatic heterocycles. The average molecular weight is 399 g/mol. The monoisotopic (exact) mass is 399 g/mol. The molecule has 3 rings (SSSR count). The molecule has 1 atom stereocenters. The Hall–Kier alpha value is -2.83. The van der Waals surface area contributed by atoms with Crippen LogP contribution in [-0.2, 0) is 4.79 Å². The van der Waals surface area contributed by atoms with Crippen LogP contribution in [0.2, 0.25) is 0 Å². The molecule has 0 aliphatic carbocycles. The molecule has 0 bridgehead atoms. The van der Waals surface area contributed by atoms with Crippen LogP contribution in [0.3, 0.4) is 0 Å². The zero-order valence-corrected chi connectivity index (χ0v) is 17.5. The number of carboxylic acids is 1. The predicted molar refractivity (Wildman–Crippen MR) is 109 cm³/mol. The first-order chi connectivity index (χ1) is 13.8. The molecule has 156 valence electrons. The van der Waals surface area contributed by atoms with Crippen LogP contribution in [0.5, 0.6) is 5.75 Å². The third-order valence-electron chi connectivity index (χ3n) is 5.53. The van der Waals surface area contributed by atoms with Crippen LogP contribution >= 0.6 is 0 Å². The number of carbonyl (C=O) groups excluding carboxylic acids is 1. The van der Waals surface area contributed by atoms with Gasteiger partial charge in [0.05, 0.1) is 17.8 Å². The van der Waals surface area contributed by atoms with E-state index in [1.165, 1.54) is 11.8 Å². The van der Waals surface area contributed by atoms with Crippen LogP contribution in [-0.4, -0.2) is 50.9 Å². The summed E-state index contributed by atoms with van der Waals surface area (Å²) in [4.78, 5) is 25.7. The lowest BCUT2D eigenvalue weighted by Crippen LogP contribution is -2.45. The Morgan fingerprint density at radius 2 is 1.90 bits per heavy atom. The lowest BCUT2D eigenvalue weighted by molar-refractivity contribution is -0.139. The Balaban J connectivity index is 1.58. The predicted octanol–water partition coefficient (Wildman–Crippen LogP) is 3.64. The van der Waals surface area contributed by atoms with E-state index in [0.29, 0.717) is 19.0 Å². The second kappa shape index (κ2) is 8.68. The maximum Gasteiger partial charge on any atom is 0.338 e. The maximum atomic E-state index is 12.9. The normalized spacial score (nSPS) is 16.1. The molecule has 2 heterocycles. The lowest BCUT2D eigenvalue weighted by atomic mass is 10.0. The summed E-state index contributed by atoms with van der Waals surface area (Å²) < 4.78 is 7.72. The fourth-order valence-corrected chi connectivity index (χ4v) is 3.60. The van der Waals surface area contributed by atoms with Gasteiger partial charge in [0.2, 0.25) is 0 Å².